The van der Waals surface area contributed by atoms with Crippen LogP contribution in [0.4, 0.5) is 0 Å². The molecule has 0 amide bonds. The molecule has 2 fully saturated rings. The van der Waals surface area contributed by atoms with Crippen LogP contribution in [0.3, 0.4) is 0 Å². The quantitative estimate of drug-likeness (QED) is 0.530. The molecule has 0 aromatic heterocycles. The lowest BCUT2D eigenvalue weighted by molar-refractivity contribution is 0.0394. The summed E-state index contributed by atoms with van der Waals surface area (Å²) in [5, 5.41) is 6.82. The number of aliphatic imine (C=N–C) groups is 1. The van der Waals surface area contributed by atoms with Gasteiger partial charge in [-0.15, -0.1) is 0 Å². The lowest BCUT2D eigenvalue weighted by Gasteiger charge is -2.30. The number of ether oxygens (including phenoxy) is 1. The molecule has 2 heterocycles. The summed E-state index contributed by atoms with van der Waals surface area (Å²) in [6.07, 6.45) is 2.73. The van der Waals surface area contributed by atoms with E-state index in [2.05, 4.69) is 34.3 Å². The number of morpholine rings is 1. The number of rotatable bonds is 7. The van der Waals surface area contributed by atoms with E-state index in [4.69, 9.17) is 9.73 Å². The average molecular weight is 326 g/mol. The Morgan fingerprint density at radius 1 is 1.13 bits per heavy atom. The van der Waals surface area contributed by atoms with Gasteiger partial charge >= 0.3 is 0 Å². The minimum Gasteiger partial charge on any atom is -0.379 e. The molecule has 2 N–H and O–H groups in total. The van der Waals surface area contributed by atoms with Gasteiger partial charge in [-0.25, -0.2) is 0 Å². The highest BCUT2D eigenvalue weighted by molar-refractivity contribution is 5.79. The zero-order valence-electron chi connectivity index (χ0n) is 15.0. The molecule has 2 rings (SSSR count). The van der Waals surface area contributed by atoms with Gasteiger partial charge in [0, 0.05) is 45.8 Å². The number of guanidine groups is 1. The first-order valence-corrected chi connectivity index (χ1v) is 9.32. The van der Waals surface area contributed by atoms with Crippen molar-refractivity contribution in [2.75, 3.05) is 72.1 Å². The van der Waals surface area contributed by atoms with E-state index in [1.54, 1.807) is 0 Å². The van der Waals surface area contributed by atoms with Gasteiger partial charge in [-0.3, -0.25) is 9.89 Å². The average Bonchev–Trinajstić information content (AvgIpc) is 2.56. The van der Waals surface area contributed by atoms with Crippen molar-refractivity contribution in [1.82, 2.24) is 20.4 Å². The smallest absolute Gasteiger partial charge is 0.191 e. The molecule has 134 valence electrons. The molecule has 0 aromatic carbocycles. The molecule has 1 atom stereocenters. The van der Waals surface area contributed by atoms with Crippen LogP contribution < -0.4 is 10.6 Å². The predicted molar refractivity (Wildman–Crippen MR) is 96.1 cm³/mol. The maximum absolute atomic E-state index is 5.38. The Labute approximate surface area is 141 Å². The van der Waals surface area contributed by atoms with Crippen LogP contribution in [0.1, 0.15) is 26.7 Å². The monoisotopic (exact) mass is 325 g/mol. The van der Waals surface area contributed by atoms with Crippen LogP contribution in [0.2, 0.25) is 0 Å². The summed E-state index contributed by atoms with van der Waals surface area (Å²) in [5.74, 6) is 1.80. The fourth-order valence-corrected chi connectivity index (χ4v) is 3.29. The van der Waals surface area contributed by atoms with Crippen molar-refractivity contribution in [1.29, 1.82) is 0 Å². The van der Waals surface area contributed by atoms with Gasteiger partial charge < -0.3 is 20.3 Å². The van der Waals surface area contributed by atoms with Crippen LogP contribution in [0.15, 0.2) is 4.99 Å². The molecular formula is C17H35N5O. The highest BCUT2D eigenvalue weighted by Gasteiger charge is 2.15. The first kappa shape index (κ1) is 18.5. The van der Waals surface area contributed by atoms with Crippen LogP contribution >= 0.6 is 0 Å². The van der Waals surface area contributed by atoms with E-state index in [-0.39, 0.29) is 0 Å². The van der Waals surface area contributed by atoms with Gasteiger partial charge in [-0.2, -0.15) is 0 Å². The van der Waals surface area contributed by atoms with Gasteiger partial charge in [0.25, 0.3) is 0 Å². The Hall–Kier alpha value is -0.850. The molecule has 23 heavy (non-hydrogen) atoms. The number of hydrogen-bond acceptors (Lipinski definition) is 4. The standard InChI is InChI=1S/C17H35N5O/c1-3-18-17(19-6-9-21-11-13-23-14-12-21)20-7-10-22-8-4-5-16(2)15-22/h16H,3-15H2,1-2H3,(H2,18,19,20). The lowest BCUT2D eigenvalue weighted by Crippen LogP contribution is -2.44. The number of nitrogens with zero attached hydrogens (tertiary/aromatic N) is 3. The molecule has 0 aliphatic carbocycles. The second-order valence-electron chi connectivity index (χ2n) is 6.69. The molecule has 6 nitrogen and oxygen atoms in total. The third kappa shape index (κ3) is 7.50. The van der Waals surface area contributed by atoms with Crippen LogP contribution in [0.5, 0.6) is 0 Å². The molecule has 6 heteroatoms. The maximum Gasteiger partial charge on any atom is 0.191 e. The molecule has 0 saturated carbocycles. The molecular weight excluding hydrogens is 290 g/mol. The van der Waals surface area contributed by atoms with Crippen LogP contribution in [0, 0.1) is 5.92 Å². The van der Waals surface area contributed by atoms with E-state index in [9.17, 15) is 0 Å². The van der Waals surface area contributed by atoms with E-state index in [0.29, 0.717) is 0 Å². The summed E-state index contributed by atoms with van der Waals surface area (Å²) in [7, 11) is 0. The van der Waals surface area contributed by atoms with Crippen molar-refractivity contribution < 1.29 is 4.74 Å². The zero-order chi connectivity index (χ0) is 16.3. The fraction of sp³-hybridized carbons (Fsp3) is 0.941. The topological polar surface area (TPSA) is 52.1 Å². The van der Waals surface area contributed by atoms with E-state index >= 15 is 0 Å². The van der Waals surface area contributed by atoms with Crippen molar-refractivity contribution in [3.63, 3.8) is 0 Å². The molecule has 2 aliphatic rings. The van der Waals surface area contributed by atoms with Crippen LogP contribution in [0.25, 0.3) is 0 Å². The molecule has 2 aliphatic heterocycles. The highest BCUT2D eigenvalue weighted by Crippen LogP contribution is 2.14. The summed E-state index contributed by atoms with van der Waals surface area (Å²) in [6, 6.07) is 0. The van der Waals surface area contributed by atoms with E-state index in [1.165, 1.54) is 25.9 Å². The van der Waals surface area contributed by atoms with E-state index in [1.807, 2.05) is 0 Å². The van der Waals surface area contributed by atoms with Crippen LogP contribution in [-0.4, -0.2) is 87.9 Å². The van der Waals surface area contributed by atoms with Crippen molar-refractivity contribution in [2.45, 2.75) is 26.7 Å². The summed E-state index contributed by atoms with van der Waals surface area (Å²) in [4.78, 5) is 9.69. The maximum atomic E-state index is 5.38. The number of piperidine rings is 1. The van der Waals surface area contributed by atoms with Gasteiger partial charge in [0.05, 0.1) is 19.8 Å². The Kier molecular flexibility index (Phi) is 8.71. The van der Waals surface area contributed by atoms with Crippen molar-refractivity contribution in [2.24, 2.45) is 10.9 Å². The molecule has 0 spiro atoms. The van der Waals surface area contributed by atoms with E-state index < -0.39 is 0 Å². The minimum atomic E-state index is 0.843. The summed E-state index contributed by atoms with van der Waals surface area (Å²) >= 11 is 0. The molecule has 2 saturated heterocycles. The molecule has 0 aromatic rings. The lowest BCUT2D eigenvalue weighted by atomic mass is 10.0. The zero-order valence-corrected chi connectivity index (χ0v) is 15.0. The Bertz CT molecular complexity index is 344. The number of likely N-dealkylation sites (tertiary alicyclic amines) is 1. The van der Waals surface area contributed by atoms with Crippen molar-refractivity contribution in [3.05, 3.63) is 0 Å². The van der Waals surface area contributed by atoms with Crippen molar-refractivity contribution >= 4 is 5.96 Å². The molecule has 1 unspecified atom stereocenters. The highest BCUT2D eigenvalue weighted by atomic mass is 16.5. The Balaban J connectivity index is 1.64. The van der Waals surface area contributed by atoms with Gasteiger partial charge in [-0.1, -0.05) is 6.92 Å². The summed E-state index contributed by atoms with van der Waals surface area (Å²) in [5.41, 5.74) is 0. The number of nitrogens with one attached hydrogen (secondary N) is 2. The minimum absolute atomic E-state index is 0.843. The third-order valence-electron chi connectivity index (χ3n) is 4.60. The second kappa shape index (κ2) is 10.8. The third-order valence-corrected chi connectivity index (χ3v) is 4.60. The largest absolute Gasteiger partial charge is 0.379 e. The van der Waals surface area contributed by atoms with Gasteiger partial charge in [0.2, 0.25) is 0 Å². The van der Waals surface area contributed by atoms with Crippen molar-refractivity contribution in [3.8, 4) is 0 Å². The first-order valence-electron chi connectivity index (χ1n) is 9.32. The summed E-state index contributed by atoms with van der Waals surface area (Å²) in [6.45, 7) is 15.6. The number of hydrogen-bond donors (Lipinski definition) is 2. The first-order chi connectivity index (χ1) is 11.3. The van der Waals surface area contributed by atoms with Gasteiger partial charge in [0.1, 0.15) is 0 Å². The predicted octanol–water partition coefficient (Wildman–Crippen LogP) is 0.606. The Morgan fingerprint density at radius 2 is 1.96 bits per heavy atom. The molecule has 0 bridgehead atoms. The second-order valence-corrected chi connectivity index (χ2v) is 6.69. The van der Waals surface area contributed by atoms with Gasteiger partial charge in [0.15, 0.2) is 5.96 Å². The Morgan fingerprint density at radius 3 is 2.70 bits per heavy atom. The normalized spacial score (nSPS) is 24.6. The summed E-state index contributed by atoms with van der Waals surface area (Å²) < 4.78 is 5.38. The fourth-order valence-electron chi connectivity index (χ4n) is 3.29. The van der Waals surface area contributed by atoms with Crippen LogP contribution in [-0.2, 0) is 4.74 Å². The van der Waals surface area contributed by atoms with Gasteiger partial charge in [-0.05, 0) is 32.2 Å². The van der Waals surface area contributed by atoms with E-state index in [0.717, 1.165) is 70.9 Å². The molecule has 0 radical (unpaired) electrons. The SMILES string of the molecule is CCNC(=NCCN1CCOCC1)NCCN1CCCC(C)C1.